The van der Waals surface area contributed by atoms with Crippen LogP contribution in [0.3, 0.4) is 0 Å². The van der Waals surface area contributed by atoms with E-state index in [1.807, 2.05) is 0 Å². The minimum absolute atomic E-state index is 0.0794. The minimum Gasteiger partial charge on any atom is -0.280 e. The number of non-ortho nitro benzene ring substituents is 1. The quantitative estimate of drug-likeness (QED) is 0.538. The third-order valence-electron chi connectivity index (χ3n) is 2.81. The number of rotatable bonds is 4. The van der Waals surface area contributed by atoms with Gasteiger partial charge in [-0.2, -0.15) is 4.52 Å². The molecule has 0 saturated heterocycles. The van der Waals surface area contributed by atoms with Crippen molar-refractivity contribution < 1.29 is 9.72 Å². The number of nitrogens with zero attached hydrogens (tertiary/aromatic N) is 5. The molecule has 0 unspecified atom stereocenters. The molecule has 0 aliphatic rings. The number of fused-ring (bicyclic) bond motifs is 1. The van der Waals surface area contributed by atoms with Gasteiger partial charge in [-0.25, -0.2) is 0 Å². The van der Waals surface area contributed by atoms with Crippen molar-refractivity contribution >= 4 is 23.1 Å². The van der Waals surface area contributed by atoms with Gasteiger partial charge in [0.25, 0.3) is 11.6 Å². The number of nitrogens with one attached hydrogen (secondary N) is 2. The number of carbonyl (C=O) groups is 1. The van der Waals surface area contributed by atoms with E-state index in [2.05, 4.69) is 26.1 Å². The van der Waals surface area contributed by atoms with E-state index >= 15 is 0 Å². The summed E-state index contributed by atoms with van der Waals surface area (Å²) in [6.07, 6.45) is 1.43. The number of amides is 1. The van der Waals surface area contributed by atoms with Crippen molar-refractivity contribution in [1.29, 1.82) is 0 Å². The van der Waals surface area contributed by atoms with Crippen molar-refractivity contribution in [3.63, 3.8) is 0 Å². The Kier molecular flexibility index (Phi) is 3.32. The first kappa shape index (κ1) is 13.4. The molecular weight excluding hydrogens is 290 g/mol. The number of hydrazine groups is 1. The van der Waals surface area contributed by atoms with Gasteiger partial charge in [0.1, 0.15) is 6.33 Å². The molecule has 1 amide bonds. The lowest BCUT2D eigenvalue weighted by Gasteiger charge is -2.07. The molecule has 10 heteroatoms. The summed E-state index contributed by atoms with van der Waals surface area (Å²) >= 11 is 0. The molecule has 3 aromatic rings. The highest BCUT2D eigenvalue weighted by molar-refractivity contribution is 5.94. The topological polar surface area (TPSA) is 127 Å². The zero-order valence-corrected chi connectivity index (χ0v) is 11.0. The summed E-state index contributed by atoms with van der Waals surface area (Å²) < 4.78 is 1.44. The van der Waals surface area contributed by atoms with Gasteiger partial charge in [-0.05, 0) is 24.3 Å². The summed E-state index contributed by atoms with van der Waals surface area (Å²) in [5.74, 6) is -0.0527. The van der Waals surface area contributed by atoms with Crippen LogP contribution in [-0.2, 0) is 0 Å². The molecular formula is C12H9N7O3. The number of anilines is 1. The molecule has 0 bridgehead atoms. The number of benzene rings is 1. The van der Waals surface area contributed by atoms with Crippen molar-refractivity contribution in [2.24, 2.45) is 0 Å². The lowest BCUT2D eigenvalue weighted by Crippen LogP contribution is -2.30. The molecule has 10 nitrogen and oxygen atoms in total. The van der Waals surface area contributed by atoms with Crippen molar-refractivity contribution in [2.45, 2.75) is 0 Å². The van der Waals surface area contributed by atoms with Crippen molar-refractivity contribution in [3.05, 3.63) is 58.4 Å². The molecule has 0 aliphatic heterocycles. The van der Waals surface area contributed by atoms with Crippen molar-refractivity contribution in [3.8, 4) is 0 Å². The van der Waals surface area contributed by atoms with Crippen molar-refractivity contribution in [1.82, 2.24) is 25.2 Å². The molecule has 2 heterocycles. The van der Waals surface area contributed by atoms with Gasteiger partial charge in [0.2, 0.25) is 0 Å². The fourth-order valence-electron chi connectivity index (χ4n) is 1.72. The van der Waals surface area contributed by atoms with E-state index in [9.17, 15) is 14.9 Å². The smallest absolute Gasteiger partial charge is 0.269 e. The maximum absolute atomic E-state index is 11.9. The Labute approximate surface area is 122 Å². The van der Waals surface area contributed by atoms with Crippen LogP contribution in [0.2, 0.25) is 0 Å². The molecule has 0 radical (unpaired) electrons. The SMILES string of the molecule is O=C(NNc1ccc2nncn2n1)c1ccc([N+](=O)[O-])cc1. The average Bonchev–Trinajstić information content (AvgIpc) is 3.00. The van der Waals surface area contributed by atoms with Gasteiger partial charge in [-0.15, -0.1) is 15.3 Å². The molecule has 1 aromatic carbocycles. The standard InChI is InChI=1S/C12H9N7O3/c20-12(8-1-3-9(4-2-8)19(21)22)16-14-10-5-6-11-15-13-7-18(11)17-10/h1-7H,(H,14,17)(H,16,20). The molecule has 0 spiro atoms. The molecule has 0 atom stereocenters. The maximum Gasteiger partial charge on any atom is 0.269 e. The van der Waals surface area contributed by atoms with Crippen LogP contribution in [0.15, 0.2) is 42.7 Å². The predicted octanol–water partition coefficient (Wildman–Crippen LogP) is 0.789. The Bertz CT molecular complexity index is 843. The van der Waals surface area contributed by atoms with Crippen LogP contribution in [-0.4, -0.2) is 30.6 Å². The van der Waals surface area contributed by atoms with Crippen molar-refractivity contribution in [2.75, 3.05) is 5.43 Å². The third kappa shape index (κ3) is 2.65. The first-order chi connectivity index (χ1) is 10.6. The van der Waals surface area contributed by atoms with E-state index in [1.54, 1.807) is 12.1 Å². The number of aromatic nitrogens is 4. The monoisotopic (exact) mass is 299 g/mol. The van der Waals surface area contributed by atoms with E-state index in [-0.39, 0.29) is 11.3 Å². The van der Waals surface area contributed by atoms with Crippen LogP contribution in [0.1, 0.15) is 10.4 Å². The van der Waals surface area contributed by atoms with Gasteiger partial charge in [-0.1, -0.05) is 0 Å². The lowest BCUT2D eigenvalue weighted by molar-refractivity contribution is -0.384. The van der Waals surface area contributed by atoms with Crippen LogP contribution >= 0.6 is 0 Å². The van der Waals surface area contributed by atoms with E-state index in [1.165, 1.54) is 35.1 Å². The van der Waals surface area contributed by atoms with Gasteiger partial charge < -0.3 is 0 Å². The summed E-state index contributed by atoms with van der Waals surface area (Å²) in [6.45, 7) is 0. The van der Waals surface area contributed by atoms with Gasteiger partial charge in [0.05, 0.1) is 4.92 Å². The third-order valence-corrected chi connectivity index (χ3v) is 2.81. The number of nitro benzene ring substituents is 1. The number of carbonyl (C=O) groups excluding carboxylic acids is 1. The molecule has 2 N–H and O–H groups in total. The Morgan fingerprint density at radius 2 is 1.95 bits per heavy atom. The minimum atomic E-state index is -0.530. The van der Waals surface area contributed by atoms with Gasteiger partial charge in [0.15, 0.2) is 11.5 Å². The molecule has 0 saturated carbocycles. The van der Waals surface area contributed by atoms with E-state index < -0.39 is 10.8 Å². The number of nitro groups is 1. The summed E-state index contributed by atoms with van der Waals surface area (Å²) in [7, 11) is 0. The molecule has 22 heavy (non-hydrogen) atoms. The second-order valence-electron chi connectivity index (χ2n) is 4.24. The van der Waals surface area contributed by atoms with Crippen LogP contribution < -0.4 is 10.9 Å². The molecule has 3 rings (SSSR count). The first-order valence-corrected chi connectivity index (χ1v) is 6.11. The highest BCUT2D eigenvalue weighted by Crippen LogP contribution is 2.11. The Morgan fingerprint density at radius 3 is 2.68 bits per heavy atom. The summed E-state index contributed by atoms with van der Waals surface area (Å²) in [5, 5.41) is 22.2. The predicted molar refractivity (Wildman–Crippen MR) is 75.0 cm³/mol. The van der Waals surface area contributed by atoms with Crippen LogP contribution in [0.25, 0.3) is 5.65 Å². The van der Waals surface area contributed by atoms with Crippen LogP contribution in [0.4, 0.5) is 11.5 Å². The number of hydrogen-bond acceptors (Lipinski definition) is 7. The van der Waals surface area contributed by atoms with Crippen LogP contribution in [0.5, 0.6) is 0 Å². The van der Waals surface area contributed by atoms with E-state index in [4.69, 9.17) is 0 Å². The molecule has 110 valence electrons. The lowest BCUT2D eigenvalue weighted by atomic mass is 10.2. The fraction of sp³-hybridized carbons (Fsp3) is 0. The molecule has 2 aromatic heterocycles. The Hall–Kier alpha value is -3.56. The first-order valence-electron chi connectivity index (χ1n) is 6.11. The molecule has 0 fully saturated rings. The van der Waals surface area contributed by atoms with Gasteiger partial charge in [-0.3, -0.25) is 25.8 Å². The Balaban J connectivity index is 1.67. The maximum atomic E-state index is 11.9. The summed E-state index contributed by atoms with van der Waals surface area (Å²) in [5.41, 5.74) is 5.86. The Morgan fingerprint density at radius 1 is 1.18 bits per heavy atom. The van der Waals surface area contributed by atoms with Crippen LogP contribution in [0, 0.1) is 10.1 Å². The highest BCUT2D eigenvalue weighted by atomic mass is 16.6. The van der Waals surface area contributed by atoms with Gasteiger partial charge in [0, 0.05) is 17.7 Å². The average molecular weight is 299 g/mol. The van der Waals surface area contributed by atoms with Gasteiger partial charge >= 0.3 is 0 Å². The zero-order valence-electron chi connectivity index (χ0n) is 11.0. The molecule has 0 aliphatic carbocycles. The normalized spacial score (nSPS) is 10.4. The van der Waals surface area contributed by atoms with E-state index in [0.717, 1.165) is 0 Å². The summed E-state index contributed by atoms with van der Waals surface area (Å²) in [4.78, 5) is 21.9. The zero-order chi connectivity index (χ0) is 15.5. The highest BCUT2D eigenvalue weighted by Gasteiger charge is 2.09. The number of hydrogen-bond donors (Lipinski definition) is 2. The largest absolute Gasteiger partial charge is 0.280 e. The second-order valence-corrected chi connectivity index (χ2v) is 4.24. The van der Waals surface area contributed by atoms with E-state index in [0.29, 0.717) is 11.5 Å². The second kappa shape index (κ2) is 5.44. The summed E-state index contributed by atoms with van der Waals surface area (Å²) in [6, 6.07) is 8.56. The fourth-order valence-corrected chi connectivity index (χ4v) is 1.72.